The first-order valence-corrected chi connectivity index (χ1v) is 12.3. The van der Waals surface area contributed by atoms with Crippen molar-refractivity contribution in [2.24, 2.45) is 11.8 Å². The number of carboxylic acid groups (broad SMARTS) is 1. The molecule has 0 aromatic carbocycles. The van der Waals surface area contributed by atoms with Crippen LogP contribution in [-0.4, -0.2) is 47.6 Å². The van der Waals surface area contributed by atoms with Crippen LogP contribution in [0.3, 0.4) is 0 Å². The first kappa shape index (κ1) is 27.6. The molecule has 0 amide bonds. The summed E-state index contributed by atoms with van der Waals surface area (Å²) in [6, 6.07) is 0. The average molecular weight is 473 g/mol. The van der Waals surface area contributed by atoms with E-state index >= 15 is 0 Å². The Morgan fingerprint density at radius 3 is 2.67 bits per heavy atom. The maximum Gasteiger partial charge on any atom is 0.305 e. The summed E-state index contributed by atoms with van der Waals surface area (Å²) in [7, 11) is 0. The Labute approximate surface area is 195 Å². The molecule has 0 spiro atoms. The van der Waals surface area contributed by atoms with Gasteiger partial charge < -0.3 is 14.6 Å². The van der Waals surface area contributed by atoms with Crippen LogP contribution in [-0.2, 0) is 23.9 Å². The molecule has 4 atom stereocenters. The topological polar surface area (TPSA) is 89.9 Å². The van der Waals surface area contributed by atoms with Crippen LogP contribution in [0.15, 0.2) is 12.2 Å². The van der Waals surface area contributed by atoms with Crippen molar-refractivity contribution < 1.29 is 37.7 Å². The van der Waals surface area contributed by atoms with Gasteiger partial charge >= 0.3 is 11.9 Å². The lowest BCUT2D eigenvalue weighted by Crippen LogP contribution is -2.33. The van der Waals surface area contributed by atoms with Crippen LogP contribution in [0.5, 0.6) is 0 Å². The van der Waals surface area contributed by atoms with E-state index in [4.69, 9.17) is 14.6 Å². The molecular weight excluding hydrogens is 434 g/mol. The van der Waals surface area contributed by atoms with Gasteiger partial charge in [0.15, 0.2) is 6.29 Å². The minimum absolute atomic E-state index is 0.0150. The number of ether oxygens (including phenoxy) is 2. The number of Topliss-reactive ketones (excluding diaryl/α,β-unsaturated/α-hetero) is 2. The molecule has 2 rings (SSSR count). The molecule has 0 aromatic heterocycles. The van der Waals surface area contributed by atoms with Crippen molar-refractivity contribution in [3.8, 4) is 0 Å². The maximum absolute atomic E-state index is 14.2. The van der Waals surface area contributed by atoms with Crippen molar-refractivity contribution in [2.45, 2.75) is 109 Å². The lowest BCUT2D eigenvalue weighted by Gasteiger charge is -2.30. The third kappa shape index (κ3) is 9.24. The molecule has 0 aromatic rings. The lowest BCUT2D eigenvalue weighted by atomic mass is 9.86. The van der Waals surface area contributed by atoms with Gasteiger partial charge in [-0.15, -0.1) is 0 Å². The summed E-state index contributed by atoms with van der Waals surface area (Å²) >= 11 is 0. The zero-order valence-corrected chi connectivity index (χ0v) is 19.6. The molecule has 188 valence electrons. The van der Waals surface area contributed by atoms with E-state index in [0.717, 1.165) is 19.3 Å². The first-order valence-electron chi connectivity index (χ1n) is 12.3. The molecule has 6 nitrogen and oxygen atoms in total. The van der Waals surface area contributed by atoms with Crippen molar-refractivity contribution >= 4 is 17.5 Å². The number of rotatable bonds is 15. The molecule has 2 aliphatic rings. The summed E-state index contributed by atoms with van der Waals surface area (Å²) in [5, 5.41) is 8.71. The number of hydrogen-bond acceptors (Lipinski definition) is 5. The number of halogens is 2. The van der Waals surface area contributed by atoms with E-state index in [1.165, 1.54) is 0 Å². The van der Waals surface area contributed by atoms with E-state index in [2.05, 4.69) is 0 Å². The molecular formula is C25H38F2O6. The highest BCUT2D eigenvalue weighted by Crippen LogP contribution is 2.39. The third-order valence-corrected chi connectivity index (χ3v) is 6.55. The van der Waals surface area contributed by atoms with Crippen LogP contribution in [0.2, 0.25) is 0 Å². The molecule has 1 aliphatic carbocycles. The van der Waals surface area contributed by atoms with Gasteiger partial charge in [-0.1, -0.05) is 25.5 Å². The van der Waals surface area contributed by atoms with Crippen LogP contribution in [0.4, 0.5) is 8.78 Å². The first-order chi connectivity index (χ1) is 15.7. The summed E-state index contributed by atoms with van der Waals surface area (Å²) in [5.74, 6) is -5.95. The quantitative estimate of drug-likeness (QED) is 0.251. The number of unbranched alkanes of at least 4 members (excludes halogenated alkanes) is 2. The number of carboxylic acids is 1. The lowest BCUT2D eigenvalue weighted by molar-refractivity contribution is -0.196. The second-order valence-corrected chi connectivity index (χ2v) is 9.17. The Morgan fingerprint density at radius 2 is 2.00 bits per heavy atom. The second-order valence-electron chi connectivity index (χ2n) is 9.17. The van der Waals surface area contributed by atoms with E-state index in [1.54, 1.807) is 6.92 Å². The summed E-state index contributed by atoms with van der Waals surface area (Å²) in [4.78, 5) is 35.6. The van der Waals surface area contributed by atoms with Crippen LogP contribution < -0.4 is 0 Å². The van der Waals surface area contributed by atoms with Gasteiger partial charge in [0.25, 0.3) is 0 Å². The Kier molecular flexibility index (Phi) is 11.6. The number of hydrogen-bond donors (Lipinski definition) is 1. The van der Waals surface area contributed by atoms with Gasteiger partial charge in [-0.2, -0.15) is 8.78 Å². The number of aliphatic carboxylic acids is 1. The van der Waals surface area contributed by atoms with Crippen LogP contribution in [0.1, 0.15) is 90.4 Å². The molecule has 8 heteroatoms. The minimum Gasteiger partial charge on any atom is -0.481 e. The number of carbonyl (C=O) groups excluding carboxylic acids is 2. The van der Waals surface area contributed by atoms with Crippen molar-refractivity contribution in [3.05, 3.63) is 12.2 Å². The Bertz CT molecular complexity index is 672. The monoisotopic (exact) mass is 472 g/mol. The fourth-order valence-corrected chi connectivity index (χ4v) is 4.61. The van der Waals surface area contributed by atoms with Gasteiger partial charge in [0, 0.05) is 38.2 Å². The van der Waals surface area contributed by atoms with E-state index in [-0.39, 0.29) is 37.4 Å². The SMILES string of the molecule is CCCCC(F)(F)C(=O)CC[C@H]1[C@H](OC2CCCCO2)CC(=O)[C@@H]1C/C=C\CCCC(=O)O. The average Bonchev–Trinajstić information content (AvgIpc) is 3.07. The smallest absolute Gasteiger partial charge is 0.305 e. The molecule has 1 aliphatic heterocycles. The Hall–Kier alpha value is -1.67. The predicted octanol–water partition coefficient (Wildman–Crippen LogP) is 5.48. The molecule has 0 radical (unpaired) electrons. The minimum atomic E-state index is -3.33. The Morgan fingerprint density at radius 1 is 1.21 bits per heavy atom. The van der Waals surface area contributed by atoms with Gasteiger partial charge in [0.2, 0.25) is 5.78 Å². The molecule has 1 heterocycles. The van der Waals surface area contributed by atoms with E-state index in [9.17, 15) is 23.2 Å². The van der Waals surface area contributed by atoms with Gasteiger partial charge in [0.05, 0.1) is 6.10 Å². The predicted molar refractivity (Wildman–Crippen MR) is 119 cm³/mol. The largest absolute Gasteiger partial charge is 0.481 e. The maximum atomic E-state index is 14.2. The number of ketones is 2. The molecule has 1 saturated carbocycles. The highest BCUT2D eigenvalue weighted by molar-refractivity contribution is 5.86. The van der Waals surface area contributed by atoms with E-state index in [1.807, 2.05) is 12.2 Å². The molecule has 1 saturated heterocycles. The summed E-state index contributed by atoms with van der Waals surface area (Å²) < 4.78 is 40.1. The number of carbonyl (C=O) groups is 3. The zero-order valence-electron chi connectivity index (χ0n) is 19.6. The van der Waals surface area contributed by atoms with Gasteiger partial charge in [-0.3, -0.25) is 14.4 Å². The van der Waals surface area contributed by atoms with Crippen molar-refractivity contribution in [1.82, 2.24) is 0 Å². The van der Waals surface area contributed by atoms with E-state index in [0.29, 0.717) is 38.7 Å². The third-order valence-electron chi connectivity index (χ3n) is 6.55. The fraction of sp³-hybridized carbons (Fsp3) is 0.800. The normalized spacial score (nSPS) is 26.2. The zero-order chi connectivity index (χ0) is 24.3. The standard InChI is InChI=1S/C25H38F2O6/c1-2-3-15-25(26,27)22(29)14-13-19-18(10-6-4-5-7-11-23(30)31)20(28)17-21(19)33-24-12-8-9-16-32-24/h4,6,18-19,21,24H,2-3,5,7-17H2,1H3,(H,30,31)/b6-4-/t18-,19-,21-,24?/m1/s1. The van der Waals surface area contributed by atoms with Crippen molar-refractivity contribution in [2.75, 3.05) is 6.61 Å². The van der Waals surface area contributed by atoms with Crippen molar-refractivity contribution in [3.63, 3.8) is 0 Å². The molecule has 1 unspecified atom stereocenters. The van der Waals surface area contributed by atoms with Gasteiger partial charge in [-0.05, 0) is 57.3 Å². The second kappa shape index (κ2) is 13.9. The highest BCUT2D eigenvalue weighted by atomic mass is 19.3. The summed E-state index contributed by atoms with van der Waals surface area (Å²) in [6.07, 6.45) is 7.72. The highest BCUT2D eigenvalue weighted by Gasteiger charge is 2.45. The van der Waals surface area contributed by atoms with Crippen molar-refractivity contribution in [1.29, 1.82) is 0 Å². The van der Waals surface area contributed by atoms with Crippen LogP contribution in [0, 0.1) is 11.8 Å². The number of alkyl halides is 2. The molecule has 2 fully saturated rings. The number of allylic oxidation sites excluding steroid dienone is 2. The molecule has 1 N–H and O–H groups in total. The van der Waals surface area contributed by atoms with Gasteiger partial charge in [0.1, 0.15) is 5.78 Å². The van der Waals surface area contributed by atoms with E-state index < -0.39 is 42.4 Å². The van der Waals surface area contributed by atoms with Crippen LogP contribution in [0.25, 0.3) is 0 Å². The van der Waals surface area contributed by atoms with Gasteiger partial charge in [-0.25, -0.2) is 0 Å². The Balaban J connectivity index is 2.00. The molecule has 0 bridgehead atoms. The molecule has 33 heavy (non-hydrogen) atoms. The van der Waals surface area contributed by atoms with Crippen LogP contribution >= 0.6 is 0 Å². The summed E-state index contributed by atoms with van der Waals surface area (Å²) in [5.41, 5.74) is 0. The summed E-state index contributed by atoms with van der Waals surface area (Å²) in [6.45, 7) is 2.40. The fourth-order valence-electron chi connectivity index (χ4n) is 4.61.